The summed E-state index contributed by atoms with van der Waals surface area (Å²) in [7, 11) is -3.16. The summed E-state index contributed by atoms with van der Waals surface area (Å²) in [5, 5.41) is 4.21. The first-order chi connectivity index (χ1) is 11.5. The van der Waals surface area contributed by atoms with E-state index in [-0.39, 0.29) is 0 Å². The average Bonchev–Trinajstić information content (AvgIpc) is 3.21. The number of benzene rings is 1. The number of furan rings is 1. The van der Waals surface area contributed by atoms with Crippen LogP contribution in [-0.2, 0) is 29.5 Å². The Labute approximate surface area is 146 Å². The van der Waals surface area contributed by atoms with Crippen molar-refractivity contribution in [1.82, 2.24) is 4.90 Å². The lowest BCUT2D eigenvalue weighted by molar-refractivity contribution is 0.227. The number of hydrogen-bond acceptors (Lipinski definition) is 5. The average molecular weight is 361 g/mol. The van der Waals surface area contributed by atoms with Gasteiger partial charge in [0.2, 0.25) is 0 Å². The van der Waals surface area contributed by atoms with Crippen molar-refractivity contribution in [3.8, 4) is 0 Å². The number of nitrogens with zero attached hydrogens (tertiary/aromatic N) is 1. The van der Waals surface area contributed by atoms with Crippen LogP contribution in [0.1, 0.15) is 16.9 Å². The first-order valence-corrected chi connectivity index (χ1v) is 10.4. The van der Waals surface area contributed by atoms with E-state index in [1.54, 1.807) is 29.7 Å². The fraction of sp³-hybridized carbons (Fsp3) is 0.222. The van der Waals surface area contributed by atoms with E-state index in [1.165, 1.54) is 11.8 Å². The van der Waals surface area contributed by atoms with E-state index >= 15 is 0 Å². The number of thiophene rings is 1. The Balaban J connectivity index is 1.75. The highest BCUT2D eigenvalue weighted by molar-refractivity contribution is 7.90. The molecule has 2 heterocycles. The van der Waals surface area contributed by atoms with E-state index in [2.05, 4.69) is 21.7 Å². The van der Waals surface area contributed by atoms with Crippen LogP contribution in [0.5, 0.6) is 0 Å². The summed E-state index contributed by atoms with van der Waals surface area (Å²) in [5.41, 5.74) is 2.34. The molecule has 2 aromatic heterocycles. The van der Waals surface area contributed by atoms with Crippen LogP contribution in [0.15, 0.2) is 68.8 Å². The van der Waals surface area contributed by atoms with Crippen LogP contribution in [0.25, 0.3) is 0 Å². The molecule has 0 aliphatic carbocycles. The molecule has 1 aromatic carbocycles. The molecule has 0 unspecified atom stereocenters. The molecular weight excluding hydrogens is 342 g/mol. The Morgan fingerprint density at radius 3 is 2.33 bits per heavy atom. The quantitative estimate of drug-likeness (QED) is 0.639. The molecule has 0 radical (unpaired) electrons. The summed E-state index contributed by atoms with van der Waals surface area (Å²) in [6.45, 7) is 2.25. The Morgan fingerprint density at radius 2 is 1.75 bits per heavy atom. The van der Waals surface area contributed by atoms with Crippen molar-refractivity contribution in [1.29, 1.82) is 0 Å². The lowest BCUT2D eigenvalue weighted by Crippen LogP contribution is -2.22. The fourth-order valence-corrected chi connectivity index (χ4v) is 3.82. The summed E-state index contributed by atoms with van der Waals surface area (Å²) in [6, 6.07) is 13.1. The fourth-order valence-electron chi connectivity index (χ4n) is 2.53. The van der Waals surface area contributed by atoms with Crippen LogP contribution >= 0.6 is 11.3 Å². The third-order valence-electron chi connectivity index (χ3n) is 3.70. The molecule has 3 rings (SSSR count). The predicted octanol–water partition coefficient (Wildman–Crippen LogP) is 3.95. The van der Waals surface area contributed by atoms with Gasteiger partial charge in [0.1, 0.15) is 5.76 Å². The highest BCUT2D eigenvalue weighted by Gasteiger charge is 2.12. The van der Waals surface area contributed by atoms with Crippen LogP contribution in [0.3, 0.4) is 0 Å². The maximum absolute atomic E-state index is 11.6. The smallest absolute Gasteiger partial charge is 0.175 e. The van der Waals surface area contributed by atoms with Crippen LogP contribution in [-0.4, -0.2) is 19.6 Å². The Kier molecular flexibility index (Phi) is 5.18. The molecule has 0 saturated carbocycles. The maximum atomic E-state index is 11.6. The lowest BCUT2D eigenvalue weighted by atomic mass is 10.2. The van der Waals surface area contributed by atoms with Crippen molar-refractivity contribution >= 4 is 21.2 Å². The molecule has 0 spiro atoms. The van der Waals surface area contributed by atoms with Gasteiger partial charge in [-0.05, 0) is 52.2 Å². The maximum Gasteiger partial charge on any atom is 0.175 e. The molecule has 0 bridgehead atoms. The van der Waals surface area contributed by atoms with Gasteiger partial charge >= 0.3 is 0 Å². The van der Waals surface area contributed by atoms with Gasteiger partial charge in [0, 0.05) is 19.3 Å². The Morgan fingerprint density at radius 1 is 1.00 bits per heavy atom. The number of hydrogen-bond donors (Lipinski definition) is 0. The van der Waals surface area contributed by atoms with Crippen molar-refractivity contribution in [3.63, 3.8) is 0 Å². The zero-order valence-electron chi connectivity index (χ0n) is 13.4. The first-order valence-electron chi connectivity index (χ1n) is 7.55. The van der Waals surface area contributed by atoms with E-state index in [1.807, 2.05) is 24.3 Å². The third kappa shape index (κ3) is 4.56. The van der Waals surface area contributed by atoms with E-state index in [0.29, 0.717) is 11.4 Å². The van der Waals surface area contributed by atoms with Crippen LogP contribution in [0.2, 0.25) is 0 Å². The normalized spacial score (nSPS) is 11.9. The van der Waals surface area contributed by atoms with Crippen molar-refractivity contribution in [2.45, 2.75) is 24.5 Å². The van der Waals surface area contributed by atoms with Crippen molar-refractivity contribution in [2.24, 2.45) is 0 Å². The minimum absolute atomic E-state index is 0.349. The molecule has 0 N–H and O–H groups in total. The number of rotatable bonds is 7. The molecule has 3 aromatic rings. The van der Waals surface area contributed by atoms with Gasteiger partial charge in [0.25, 0.3) is 0 Å². The van der Waals surface area contributed by atoms with Gasteiger partial charge in [-0.1, -0.05) is 12.1 Å². The van der Waals surface area contributed by atoms with E-state index < -0.39 is 9.84 Å². The molecule has 126 valence electrons. The van der Waals surface area contributed by atoms with Gasteiger partial charge in [0.15, 0.2) is 9.84 Å². The Hall–Kier alpha value is -1.89. The lowest BCUT2D eigenvalue weighted by Gasteiger charge is -2.21. The topological polar surface area (TPSA) is 50.5 Å². The van der Waals surface area contributed by atoms with Crippen LogP contribution in [0.4, 0.5) is 0 Å². The molecule has 0 saturated heterocycles. The monoisotopic (exact) mass is 361 g/mol. The molecule has 0 aliphatic rings. The van der Waals surface area contributed by atoms with Gasteiger partial charge < -0.3 is 4.42 Å². The minimum atomic E-state index is -3.16. The van der Waals surface area contributed by atoms with Gasteiger partial charge in [-0.2, -0.15) is 11.3 Å². The van der Waals surface area contributed by atoms with E-state index in [0.717, 1.165) is 24.4 Å². The molecular formula is C18H19NO3S2. The zero-order chi connectivity index (χ0) is 17.0. The Bertz CT molecular complexity index is 815. The third-order valence-corrected chi connectivity index (χ3v) is 5.56. The van der Waals surface area contributed by atoms with Crippen molar-refractivity contribution in [2.75, 3.05) is 6.26 Å². The van der Waals surface area contributed by atoms with Gasteiger partial charge in [0.05, 0.1) is 17.7 Å². The zero-order valence-corrected chi connectivity index (χ0v) is 15.0. The highest BCUT2D eigenvalue weighted by Crippen LogP contribution is 2.17. The summed E-state index contributed by atoms with van der Waals surface area (Å²) in [5.74, 6) is 0.915. The molecule has 0 amide bonds. The van der Waals surface area contributed by atoms with Crippen molar-refractivity contribution in [3.05, 3.63) is 76.4 Å². The van der Waals surface area contributed by atoms with Crippen LogP contribution in [0, 0.1) is 0 Å². The minimum Gasteiger partial charge on any atom is -0.468 e. The second-order valence-corrected chi connectivity index (χ2v) is 8.57. The van der Waals surface area contributed by atoms with Crippen LogP contribution < -0.4 is 0 Å². The number of sulfone groups is 1. The molecule has 4 nitrogen and oxygen atoms in total. The predicted molar refractivity (Wildman–Crippen MR) is 95.5 cm³/mol. The SMILES string of the molecule is CS(=O)(=O)c1ccc(CN(Cc2ccsc2)Cc2ccco2)cc1. The standard InChI is InChI=1S/C18H19NO3S2/c1-24(20,21)18-6-4-15(5-7-18)11-19(12-16-8-10-23-14-16)13-17-3-2-9-22-17/h2-10,14H,11-13H2,1H3. The van der Waals surface area contributed by atoms with Gasteiger partial charge in [-0.3, -0.25) is 4.90 Å². The highest BCUT2D eigenvalue weighted by atomic mass is 32.2. The summed E-state index contributed by atoms with van der Waals surface area (Å²) in [6.07, 6.45) is 2.90. The van der Waals surface area contributed by atoms with Gasteiger partial charge in [-0.25, -0.2) is 8.42 Å². The van der Waals surface area contributed by atoms with Crippen molar-refractivity contribution < 1.29 is 12.8 Å². The summed E-state index contributed by atoms with van der Waals surface area (Å²) >= 11 is 1.68. The second-order valence-electron chi connectivity index (χ2n) is 5.77. The molecule has 24 heavy (non-hydrogen) atoms. The molecule has 0 fully saturated rings. The molecule has 6 heteroatoms. The van der Waals surface area contributed by atoms with E-state index in [4.69, 9.17) is 4.42 Å². The second kappa shape index (κ2) is 7.34. The summed E-state index contributed by atoms with van der Waals surface area (Å²) in [4.78, 5) is 2.62. The molecule has 0 atom stereocenters. The largest absolute Gasteiger partial charge is 0.468 e. The summed E-state index contributed by atoms with van der Waals surface area (Å²) < 4.78 is 28.6. The first kappa shape index (κ1) is 17.0. The van der Waals surface area contributed by atoms with E-state index in [9.17, 15) is 8.42 Å². The molecule has 0 aliphatic heterocycles. The van der Waals surface area contributed by atoms with Gasteiger partial charge in [-0.15, -0.1) is 0 Å².